The third kappa shape index (κ3) is 4.29. The molecular weight excluding hydrogens is 406 g/mol. The molecule has 2 aliphatic carbocycles. The molecule has 0 saturated carbocycles. The Balaban J connectivity index is 1.63. The van der Waals surface area contributed by atoms with Crippen molar-refractivity contribution < 1.29 is 4.79 Å². The number of anilines is 1. The van der Waals surface area contributed by atoms with Crippen LogP contribution < -0.4 is 15.3 Å². The van der Waals surface area contributed by atoms with E-state index in [1.54, 1.807) is 4.90 Å². The number of carbonyl (C=O) groups excluding carboxylic acids is 1. The molecule has 4 nitrogen and oxygen atoms in total. The third-order valence-electron chi connectivity index (χ3n) is 7.45. The van der Waals surface area contributed by atoms with Crippen LogP contribution in [0, 0.1) is 5.92 Å². The van der Waals surface area contributed by atoms with E-state index in [1.165, 1.54) is 45.4 Å². The molecule has 4 heteroatoms. The van der Waals surface area contributed by atoms with Crippen molar-refractivity contribution in [3.05, 3.63) is 82.0 Å². The topological polar surface area (TPSA) is 26.8 Å². The molecule has 33 heavy (non-hydrogen) atoms. The van der Waals surface area contributed by atoms with Crippen LogP contribution in [0.25, 0.3) is 11.8 Å². The van der Waals surface area contributed by atoms with E-state index in [-0.39, 0.29) is 5.91 Å². The highest BCUT2D eigenvalue weighted by molar-refractivity contribution is 6.00. The SMILES string of the molecule is C=CC(=O)N(C)c1ccc2/c(c1)=C\C(C1=CCN(C)CC1)=C/CC/C=2N1CCC2C=C=C2C1. The number of hydrogen-bond acceptors (Lipinski definition) is 3. The van der Waals surface area contributed by atoms with Crippen molar-refractivity contribution in [2.45, 2.75) is 25.7 Å². The Kier molecular flexibility index (Phi) is 5.97. The number of benzene rings is 1. The second kappa shape index (κ2) is 9.05. The Morgan fingerprint density at radius 3 is 2.82 bits per heavy atom. The molecule has 0 spiro atoms. The number of likely N-dealkylation sites (N-methyl/N-ethyl adjacent to an activating group) is 2. The van der Waals surface area contributed by atoms with Crippen LogP contribution in [-0.4, -0.2) is 56.0 Å². The predicted molar refractivity (Wildman–Crippen MR) is 136 cm³/mol. The van der Waals surface area contributed by atoms with E-state index < -0.39 is 0 Å². The Morgan fingerprint density at radius 2 is 2.12 bits per heavy atom. The van der Waals surface area contributed by atoms with Crippen molar-refractivity contribution in [3.63, 3.8) is 0 Å². The lowest BCUT2D eigenvalue weighted by Gasteiger charge is -2.38. The van der Waals surface area contributed by atoms with Crippen LogP contribution in [0.3, 0.4) is 0 Å². The summed E-state index contributed by atoms with van der Waals surface area (Å²) in [6.45, 7) is 7.82. The fraction of sp³-hybridized carbons (Fsp3) is 0.379. The number of piperidine rings is 1. The minimum atomic E-state index is -0.0930. The van der Waals surface area contributed by atoms with Crippen LogP contribution in [0.5, 0.6) is 0 Å². The summed E-state index contributed by atoms with van der Waals surface area (Å²) in [5, 5.41) is 2.48. The van der Waals surface area contributed by atoms with E-state index in [0.717, 1.165) is 51.1 Å². The van der Waals surface area contributed by atoms with Gasteiger partial charge in [-0.1, -0.05) is 24.8 Å². The van der Waals surface area contributed by atoms with E-state index in [1.807, 2.05) is 7.05 Å². The van der Waals surface area contributed by atoms with Gasteiger partial charge in [0.05, 0.1) is 0 Å². The van der Waals surface area contributed by atoms with Gasteiger partial charge in [-0.25, -0.2) is 0 Å². The van der Waals surface area contributed by atoms with Gasteiger partial charge < -0.3 is 14.7 Å². The Morgan fingerprint density at radius 1 is 1.24 bits per heavy atom. The number of rotatable bonds is 4. The molecule has 1 saturated heterocycles. The molecule has 0 radical (unpaired) electrons. The van der Waals surface area contributed by atoms with Gasteiger partial charge in [0.1, 0.15) is 0 Å². The van der Waals surface area contributed by atoms with Crippen molar-refractivity contribution in [2.75, 3.05) is 45.2 Å². The summed E-state index contributed by atoms with van der Waals surface area (Å²) in [5.74, 6) is 0.551. The number of nitrogens with zero attached hydrogens (tertiary/aromatic N) is 3. The molecule has 0 bridgehead atoms. The van der Waals surface area contributed by atoms with Crippen LogP contribution in [0.2, 0.25) is 0 Å². The van der Waals surface area contributed by atoms with Crippen molar-refractivity contribution in [2.24, 2.45) is 5.92 Å². The summed E-state index contributed by atoms with van der Waals surface area (Å²) in [5.41, 5.74) is 9.95. The summed E-state index contributed by atoms with van der Waals surface area (Å²) in [4.78, 5) is 18.9. The lowest BCUT2D eigenvalue weighted by atomic mass is 9.85. The maximum Gasteiger partial charge on any atom is 0.250 e. The van der Waals surface area contributed by atoms with Gasteiger partial charge in [-0.3, -0.25) is 4.79 Å². The number of amides is 1. The second-order valence-corrected chi connectivity index (χ2v) is 9.56. The number of likely N-dealkylation sites (tertiary alicyclic amines) is 1. The van der Waals surface area contributed by atoms with Gasteiger partial charge in [-0.15, -0.1) is 5.73 Å². The standard InChI is InChI=1S/C29H33N3O/c1-4-29(33)31(3)26-10-11-27-25(19-26)18-23(22-12-15-30(2)16-13-22)6-5-7-28(27)32-17-14-21-8-9-24(21)20-32/h4,6,8,10-12,18-19,21H,1,5,7,13-17,20H2,2-3H3/b23-6+,25-18-,28-27-. The van der Waals surface area contributed by atoms with Gasteiger partial charge in [0.2, 0.25) is 5.91 Å². The smallest absolute Gasteiger partial charge is 0.250 e. The Hall–Kier alpha value is -3.07. The highest BCUT2D eigenvalue weighted by Crippen LogP contribution is 2.32. The molecule has 1 amide bonds. The number of allylic oxidation sites excluding steroid dienone is 2. The molecule has 170 valence electrons. The molecule has 5 rings (SSSR count). The van der Waals surface area contributed by atoms with Gasteiger partial charge in [0.25, 0.3) is 0 Å². The Bertz CT molecular complexity index is 1240. The van der Waals surface area contributed by atoms with Crippen LogP contribution in [-0.2, 0) is 4.79 Å². The summed E-state index contributed by atoms with van der Waals surface area (Å²) in [6, 6.07) is 6.45. The van der Waals surface area contributed by atoms with Crippen LogP contribution in [0.1, 0.15) is 25.7 Å². The monoisotopic (exact) mass is 439 g/mol. The van der Waals surface area contributed by atoms with Crippen LogP contribution in [0.4, 0.5) is 5.69 Å². The van der Waals surface area contributed by atoms with E-state index >= 15 is 0 Å². The van der Waals surface area contributed by atoms with Crippen molar-refractivity contribution in [1.29, 1.82) is 0 Å². The largest absolute Gasteiger partial charge is 0.370 e. The average Bonchev–Trinajstić information content (AvgIpc) is 2.80. The molecule has 1 aromatic rings. The first-order valence-corrected chi connectivity index (χ1v) is 12.1. The quantitative estimate of drug-likeness (QED) is 0.533. The fourth-order valence-corrected chi connectivity index (χ4v) is 5.27. The Labute approximate surface area is 196 Å². The predicted octanol–water partition coefficient (Wildman–Crippen LogP) is 3.12. The fourth-order valence-electron chi connectivity index (χ4n) is 5.27. The normalized spacial score (nSPS) is 26.6. The van der Waals surface area contributed by atoms with E-state index in [0.29, 0.717) is 5.92 Å². The lowest BCUT2D eigenvalue weighted by Crippen LogP contribution is -2.41. The molecule has 0 aromatic heterocycles. The minimum absolute atomic E-state index is 0.0930. The number of hydrogen-bond donors (Lipinski definition) is 0. The molecule has 2 heterocycles. The molecule has 1 aromatic carbocycles. The summed E-state index contributed by atoms with van der Waals surface area (Å²) < 4.78 is 0. The van der Waals surface area contributed by atoms with Crippen LogP contribution >= 0.6 is 0 Å². The zero-order chi connectivity index (χ0) is 22.9. The molecule has 1 fully saturated rings. The summed E-state index contributed by atoms with van der Waals surface area (Å²) >= 11 is 0. The van der Waals surface area contributed by atoms with Gasteiger partial charge in [0, 0.05) is 55.7 Å². The zero-order valence-corrected chi connectivity index (χ0v) is 19.8. The van der Waals surface area contributed by atoms with Gasteiger partial charge in [0.15, 0.2) is 0 Å². The maximum atomic E-state index is 12.3. The van der Waals surface area contributed by atoms with E-state index in [2.05, 4.69) is 71.7 Å². The lowest BCUT2D eigenvalue weighted by molar-refractivity contribution is -0.113. The summed E-state index contributed by atoms with van der Waals surface area (Å²) in [6.07, 6.45) is 15.1. The zero-order valence-electron chi connectivity index (χ0n) is 19.8. The summed E-state index contributed by atoms with van der Waals surface area (Å²) in [7, 11) is 3.99. The number of carbonyl (C=O) groups is 1. The van der Waals surface area contributed by atoms with Gasteiger partial charge in [-0.2, -0.15) is 0 Å². The first-order valence-electron chi connectivity index (χ1n) is 12.1. The molecule has 1 atom stereocenters. The molecule has 4 aliphatic rings. The van der Waals surface area contributed by atoms with Crippen molar-refractivity contribution in [1.82, 2.24) is 9.80 Å². The molecule has 0 N–H and O–H groups in total. The minimum Gasteiger partial charge on any atom is -0.370 e. The second-order valence-electron chi connectivity index (χ2n) is 9.56. The molecule has 2 aliphatic heterocycles. The first kappa shape index (κ1) is 21.8. The maximum absolute atomic E-state index is 12.3. The van der Waals surface area contributed by atoms with Crippen LogP contribution in [0.15, 0.2) is 71.5 Å². The average molecular weight is 440 g/mol. The molecular formula is C29H33N3O. The van der Waals surface area contributed by atoms with Crippen molar-refractivity contribution >= 4 is 23.4 Å². The third-order valence-corrected chi connectivity index (χ3v) is 7.45. The first-order chi connectivity index (χ1) is 16.0. The highest BCUT2D eigenvalue weighted by Gasteiger charge is 2.27. The molecule has 1 unspecified atom stereocenters. The van der Waals surface area contributed by atoms with Gasteiger partial charge >= 0.3 is 0 Å². The van der Waals surface area contributed by atoms with E-state index in [4.69, 9.17) is 0 Å². The highest BCUT2D eigenvalue weighted by atomic mass is 16.2. The van der Waals surface area contributed by atoms with Crippen molar-refractivity contribution in [3.8, 4) is 0 Å². The van der Waals surface area contributed by atoms with Gasteiger partial charge in [-0.05, 0) is 85.0 Å². The number of fused-ring (bicyclic) bond motifs is 2. The van der Waals surface area contributed by atoms with E-state index in [9.17, 15) is 4.79 Å².